The van der Waals surface area contributed by atoms with Gasteiger partial charge in [-0.2, -0.15) is 17.0 Å². The fraction of sp³-hybridized carbons (Fsp3) is 0.429. The zero-order chi connectivity index (χ0) is 24.4. The summed E-state index contributed by atoms with van der Waals surface area (Å²) in [6, 6.07) is 18.9. The van der Waals surface area contributed by atoms with Gasteiger partial charge >= 0.3 is 0 Å². The lowest BCUT2D eigenvalue weighted by Crippen LogP contribution is -2.51. The standard InChI is InChI=1S/C28H40N2O2S/c1-7-27(19-23(3)4)29(21-25-15-11-9-12-16-25)33(31,32)30(28(8-2)20-24(5)6)22-26-17-13-10-14-18-26/h7-18,23-24,27-28H,1-2,19-22H2,3-6H3/t27-,28-/m1/s1. The van der Waals surface area contributed by atoms with Gasteiger partial charge in [0.05, 0.1) is 0 Å². The SMILES string of the molecule is C=C[C@H](CC(C)C)N(Cc1ccccc1)S(=O)(=O)N(Cc1ccccc1)[C@H](C=C)CC(C)C. The first-order valence-electron chi connectivity index (χ1n) is 11.8. The van der Waals surface area contributed by atoms with Gasteiger partial charge in [0.15, 0.2) is 0 Å². The number of rotatable bonds is 14. The summed E-state index contributed by atoms with van der Waals surface area (Å²) in [5.41, 5.74) is 1.91. The van der Waals surface area contributed by atoms with Gasteiger partial charge in [-0.05, 0) is 35.8 Å². The van der Waals surface area contributed by atoms with Crippen molar-refractivity contribution < 1.29 is 8.42 Å². The molecule has 2 aromatic rings. The van der Waals surface area contributed by atoms with E-state index in [1.54, 1.807) is 20.8 Å². The first-order chi connectivity index (χ1) is 15.7. The average molecular weight is 469 g/mol. The van der Waals surface area contributed by atoms with Crippen molar-refractivity contribution in [2.45, 2.75) is 65.7 Å². The molecule has 180 valence electrons. The zero-order valence-electron chi connectivity index (χ0n) is 20.6. The summed E-state index contributed by atoms with van der Waals surface area (Å²) in [6.07, 6.45) is 4.95. The summed E-state index contributed by atoms with van der Waals surface area (Å²) in [5, 5.41) is 0. The van der Waals surface area contributed by atoms with Crippen LogP contribution in [0.25, 0.3) is 0 Å². The lowest BCUT2D eigenvalue weighted by Gasteiger charge is -2.38. The van der Waals surface area contributed by atoms with Gasteiger partial charge in [0.25, 0.3) is 10.2 Å². The second-order valence-electron chi connectivity index (χ2n) is 9.43. The lowest BCUT2D eigenvalue weighted by atomic mass is 10.0. The molecule has 5 heteroatoms. The summed E-state index contributed by atoms with van der Waals surface area (Å²) >= 11 is 0. The van der Waals surface area contributed by atoms with Crippen molar-refractivity contribution in [2.24, 2.45) is 11.8 Å². The first kappa shape index (κ1) is 27.0. The van der Waals surface area contributed by atoms with E-state index in [0.717, 1.165) is 11.1 Å². The van der Waals surface area contributed by atoms with Crippen LogP contribution in [0.3, 0.4) is 0 Å². The smallest absolute Gasteiger partial charge is 0.195 e. The Morgan fingerprint density at radius 3 is 1.30 bits per heavy atom. The third-order valence-electron chi connectivity index (χ3n) is 5.66. The Labute approximate surface area is 201 Å². The second-order valence-corrected chi connectivity index (χ2v) is 11.3. The Morgan fingerprint density at radius 1 is 0.697 bits per heavy atom. The molecule has 0 saturated heterocycles. The van der Waals surface area contributed by atoms with Gasteiger partial charge in [-0.25, -0.2) is 0 Å². The summed E-state index contributed by atoms with van der Waals surface area (Å²) in [6.45, 7) is 17.0. The second kappa shape index (κ2) is 12.9. The molecule has 33 heavy (non-hydrogen) atoms. The normalized spacial score (nSPS) is 14.1. The van der Waals surface area contributed by atoms with Crippen molar-refractivity contribution >= 4 is 10.2 Å². The van der Waals surface area contributed by atoms with Crippen molar-refractivity contribution in [3.05, 3.63) is 97.1 Å². The molecule has 0 radical (unpaired) electrons. The third kappa shape index (κ3) is 7.95. The topological polar surface area (TPSA) is 40.6 Å². The van der Waals surface area contributed by atoms with E-state index < -0.39 is 10.2 Å². The van der Waals surface area contributed by atoms with E-state index in [2.05, 4.69) is 40.9 Å². The Morgan fingerprint density at radius 2 is 1.03 bits per heavy atom. The van der Waals surface area contributed by atoms with Crippen molar-refractivity contribution in [3.8, 4) is 0 Å². The van der Waals surface area contributed by atoms with Gasteiger partial charge in [0.1, 0.15) is 0 Å². The Balaban J connectivity index is 2.57. The molecule has 0 heterocycles. The van der Waals surface area contributed by atoms with E-state index in [1.165, 1.54) is 0 Å². The highest BCUT2D eigenvalue weighted by molar-refractivity contribution is 7.86. The largest absolute Gasteiger partial charge is 0.283 e. The first-order valence-corrected chi connectivity index (χ1v) is 13.2. The van der Waals surface area contributed by atoms with Gasteiger partial charge < -0.3 is 0 Å². The Bertz CT molecular complexity index is 882. The third-order valence-corrected chi connectivity index (χ3v) is 7.65. The van der Waals surface area contributed by atoms with E-state index in [9.17, 15) is 8.42 Å². The lowest BCUT2D eigenvalue weighted by molar-refractivity contribution is 0.252. The Kier molecular flexibility index (Phi) is 10.6. The van der Waals surface area contributed by atoms with E-state index >= 15 is 0 Å². The summed E-state index contributed by atoms with van der Waals surface area (Å²) in [5.74, 6) is 0.657. The maximum Gasteiger partial charge on any atom is 0.283 e. The highest BCUT2D eigenvalue weighted by Crippen LogP contribution is 2.27. The van der Waals surface area contributed by atoms with Crippen molar-refractivity contribution in [2.75, 3.05) is 0 Å². The molecular weight excluding hydrogens is 428 g/mol. The minimum Gasteiger partial charge on any atom is -0.195 e. The van der Waals surface area contributed by atoms with Crippen LogP contribution in [-0.4, -0.2) is 29.1 Å². The van der Waals surface area contributed by atoms with E-state index in [1.807, 2.05) is 60.7 Å². The molecular formula is C28H40N2O2S. The molecule has 0 bridgehead atoms. The average Bonchev–Trinajstić information content (AvgIpc) is 2.79. The molecule has 2 aromatic carbocycles. The monoisotopic (exact) mass is 468 g/mol. The minimum absolute atomic E-state index is 0.295. The fourth-order valence-corrected chi connectivity index (χ4v) is 5.95. The van der Waals surface area contributed by atoms with Gasteiger partial charge in [0.2, 0.25) is 0 Å². The molecule has 0 saturated carbocycles. The summed E-state index contributed by atoms with van der Waals surface area (Å²) < 4.78 is 32.0. The highest BCUT2D eigenvalue weighted by Gasteiger charge is 2.37. The number of hydrogen-bond acceptors (Lipinski definition) is 2. The van der Waals surface area contributed by atoms with E-state index in [-0.39, 0.29) is 12.1 Å². The van der Waals surface area contributed by atoms with Gasteiger partial charge in [-0.1, -0.05) is 101 Å². The van der Waals surface area contributed by atoms with Gasteiger partial charge in [-0.15, -0.1) is 13.2 Å². The number of nitrogens with zero attached hydrogens (tertiary/aromatic N) is 2. The van der Waals surface area contributed by atoms with Crippen LogP contribution in [0, 0.1) is 11.8 Å². The minimum atomic E-state index is -3.85. The molecule has 0 aromatic heterocycles. The highest BCUT2D eigenvalue weighted by atomic mass is 32.2. The molecule has 2 rings (SSSR count). The number of hydrogen-bond donors (Lipinski definition) is 0. The van der Waals surface area contributed by atoms with Crippen molar-refractivity contribution in [3.63, 3.8) is 0 Å². The molecule has 0 amide bonds. The predicted molar refractivity (Wildman–Crippen MR) is 140 cm³/mol. The van der Waals surface area contributed by atoms with E-state index in [0.29, 0.717) is 37.8 Å². The van der Waals surface area contributed by atoms with Crippen LogP contribution in [0.15, 0.2) is 86.0 Å². The van der Waals surface area contributed by atoms with Crippen LogP contribution >= 0.6 is 0 Å². The molecule has 0 N–H and O–H groups in total. The van der Waals surface area contributed by atoms with Crippen LogP contribution in [0.1, 0.15) is 51.7 Å². The zero-order valence-corrected chi connectivity index (χ0v) is 21.4. The van der Waals surface area contributed by atoms with Crippen LogP contribution in [0.4, 0.5) is 0 Å². The summed E-state index contributed by atoms with van der Waals surface area (Å²) in [7, 11) is -3.85. The molecule has 0 spiro atoms. The maximum absolute atomic E-state index is 14.4. The van der Waals surface area contributed by atoms with Crippen molar-refractivity contribution in [1.82, 2.24) is 8.61 Å². The molecule has 0 fully saturated rings. The van der Waals surface area contributed by atoms with Crippen LogP contribution in [-0.2, 0) is 23.3 Å². The molecule has 4 nitrogen and oxygen atoms in total. The van der Waals surface area contributed by atoms with Crippen molar-refractivity contribution in [1.29, 1.82) is 0 Å². The Hall–Kier alpha value is -2.21. The summed E-state index contributed by atoms with van der Waals surface area (Å²) in [4.78, 5) is 0. The molecule has 0 aliphatic carbocycles. The quantitative estimate of drug-likeness (QED) is 0.299. The maximum atomic E-state index is 14.4. The predicted octanol–water partition coefficient (Wildman–Crippen LogP) is 6.44. The van der Waals surface area contributed by atoms with Crippen LogP contribution < -0.4 is 0 Å². The molecule has 0 aliphatic heterocycles. The number of benzene rings is 2. The van der Waals surface area contributed by atoms with Gasteiger partial charge in [-0.3, -0.25) is 0 Å². The van der Waals surface area contributed by atoms with Gasteiger partial charge in [0, 0.05) is 25.2 Å². The van der Waals surface area contributed by atoms with Crippen LogP contribution in [0.5, 0.6) is 0 Å². The van der Waals surface area contributed by atoms with Crippen LogP contribution in [0.2, 0.25) is 0 Å². The molecule has 2 atom stereocenters. The molecule has 0 aliphatic rings. The molecule has 0 unspecified atom stereocenters. The van der Waals surface area contributed by atoms with E-state index in [4.69, 9.17) is 0 Å². The fourth-order valence-electron chi connectivity index (χ4n) is 4.03.